The van der Waals surface area contributed by atoms with E-state index < -0.39 is 12.0 Å². The van der Waals surface area contributed by atoms with Crippen molar-refractivity contribution in [1.29, 1.82) is 0 Å². The molecule has 2 heterocycles. The molecule has 2 N–H and O–H groups in total. The van der Waals surface area contributed by atoms with Gasteiger partial charge in [0.25, 0.3) is 5.91 Å². The summed E-state index contributed by atoms with van der Waals surface area (Å²) in [5.74, 6) is -0.498. The molecule has 1 aliphatic heterocycles. The highest BCUT2D eigenvalue weighted by atomic mass is 16.2. The van der Waals surface area contributed by atoms with Gasteiger partial charge in [0.05, 0.1) is 11.4 Å². The van der Waals surface area contributed by atoms with Crippen LogP contribution in [0, 0.1) is 13.8 Å². The van der Waals surface area contributed by atoms with Gasteiger partial charge in [0.2, 0.25) is 5.91 Å². The third-order valence-electron chi connectivity index (χ3n) is 6.26. The first-order valence-corrected chi connectivity index (χ1v) is 11.6. The molecule has 0 saturated heterocycles. The number of allylic oxidation sites excluding steroid dienone is 4. The van der Waals surface area contributed by atoms with E-state index in [-0.39, 0.29) is 11.8 Å². The van der Waals surface area contributed by atoms with Crippen LogP contribution in [-0.4, -0.2) is 27.6 Å². The number of amides is 2. The van der Waals surface area contributed by atoms with E-state index in [1.165, 1.54) is 0 Å². The lowest BCUT2D eigenvalue weighted by molar-refractivity contribution is -0.118. The van der Waals surface area contributed by atoms with Crippen LogP contribution in [0.4, 0.5) is 5.82 Å². The van der Waals surface area contributed by atoms with Gasteiger partial charge in [-0.1, -0.05) is 66.3 Å². The molecule has 0 spiro atoms. The van der Waals surface area contributed by atoms with Crippen molar-refractivity contribution in [3.63, 3.8) is 0 Å². The lowest BCUT2D eigenvalue weighted by Crippen LogP contribution is -2.50. The molecule has 0 bridgehead atoms. The van der Waals surface area contributed by atoms with Crippen molar-refractivity contribution in [2.24, 2.45) is 0 Å². The molecule has 0 unspecified atom stereocenters. The molecular weight excluding hydrogens is 436 g/mol. The first kappa shape index (κ1) is 24.0. The molecule has 0 fully saturated rings. The zero-order valence-corrected chi connectivity index (χ0v) is 20.5. The highest BCUT2D eigenvalue weighted by Gasteiger charge is 2.41. The van der Waals surface area contributed by atoms with Crippen molar-refractivity contribution in [1.82, 2.24) is 15.1 Å². The maximum Gasteiger partial charge on any atom is 0.251 e. The van der Waals surface area contributed by atoms with Crippen molar-refractivity contribution in [3.05, 3.63) is 113 Å². The van der Waals surface area contributed by atoms with Crippen LogP contribution in [0.5, 0.6) is 0 Å². The number of nitrogens with one attached hydrogen (secondary N) is 2. The number of aryl methyl sites for hydroxylation is 2. The summed E-state index contributed by atoms with van der Waals surface area (Å²) in [6, 6.07) is 16.1. The molecule has 1 aromatic heterocycles. The van der Waals surface area contributed by atoms with Gasteiger partial charge < -0.3 is 10.6 Å². The highest BCUT2D eigenvalue weighted by molar-refractivity contribution is 6.04. The van der Waals surface area contributed by atoms with E-state index in [4.69, 9.17) is 5.10 Å². The van der Waals surface area contributed by atoms with E-state index in [0.717, 1.165) is 28.1 Å². The number of carbonyl (C=O) groups is 2. The number of fused-ring (bicyclic) bond motifs is 1. The standard InChI is InChI=1S/C29H30N4O2/c1-6-18(2)15-16-20(4)24-25-21(5)32-33(23-13-8-7-9-14-23)27(25)31-29(35)26(24)30-28(34)22-12-10-11-19(3)17-22/h6-17,24,26H,4H2,1-3,5H3,(H,30,34)(H,31,35)/b16-15-,18-6-/t24-,26+/m1/s1. The summed E-state index contributed by atoms with van der Waals surface area (Å²) >= 11 is 0. The van der Waals surface area contributed by atoms with E-state index in [1.54, 1.807) is 16.8 Å². The van der Waals surface area contributed by atoms with E-state index in [1.807, 2.05) is 88.4 Å². The number of benzene rings is 2. The Kier molecular flexibility index (Phi) is 6.82. The van der Waals surface area contributed by atoms with Crippen molar-refractivity contribution in [2.75, 3.05) is 5.32 Å². The maximum atomic E-state index is 13.4. The maximum absolute atomic E-state index is 13.4. The first-order valence-electron chi connectivity index (χ1n) is 11.6. The lowest BCUT2D eigenvalue weighted by Gasteiger charge is -2.33. The predicted octanol–water partition coefficient (Wildman–Crippen LogP) is 5.40. The third kappa shape index (κ3) is 4.87. The molecule has 0 radical (unpaired) electrons. The number of para-hydroxylation sites is 1. The van der Waals surface area contributed by atoms with Gasteiger partial charge in [0, 0.05) is 17.0 Å². The zero-order valence-electron chi connectivity index (χ0n) is 20.5. The molecule has 3 aromatic rings. The van der Waals surface area contributed by atoms with E-state index >= 15 is 0 Å². The second-order valence-electron chi connectivity index (χ2n) is 8.82. The second-order valence-corrected chi connectivity index (χ2v) is 8.82. The van der Waals surface area contributed by atoms with Crippen molar-refractivity contribution in [3.8, 4) is 5.69 Å². The fourth-order valence-corrected chi connectivity index (χ4v) is 4.30. The van der Waals surface area contributed by atoms with Crippen molar-refractivity contribution >= 4 is 17.6 Å². The number of nitrogens with zero attached hydrogens (tertiary/aromatic N) is 2. The molecular formula is C29H30N4O2. The smallest absolute Gasteiger partial charge is 0.251 e. The van der Waals surface area contributed by atoms with Gasteiger partial charge in [-0.25, -0.2) is 4.68 Å². The fraction of sp³-hybridized carbons (Fsp3) is 0.207. The molecule has 2 amide bonds. The topological polar surface area (TPSA) is 76.0 Å². The van der Waals surface area contributed by atoms with Crippen LogP contribution in [0.3, 0.4) is 0 Å². The van der Waals surface area contributed by atoms with Gasteiger partial charge in [0.15, 0.2) is 0 Å². The van der Waals surface area contributed by atoms with Gasteiger partial charge in [-0.2, -0.15) is 5.10 Å². The van der Waals surface area contributed by atoms with Crippen LogP contribution in [0.1, 0.15) is 46.9 Å². The summed E-state index contributed by atoms with van der Waals surface area (Å²) in [7, 11) is 0. The minimum Gasteiger partial charge on any atom is -0.339 e. The number of carbonyl (C=O) groups excluding carboxylic acids is 2. The summed E-state index contributed by atoms with van der Waals surface area (Å²) in [5, 5.41) is 10.7. The van der Waals surface area contributed by atoms with Gasteiger partial charge >= 0.3 is 0 Å². The molecule has 4 rings (SSSR count). The Labute approximate surface area is 206 Å². The monoisotopic (exact) mass is 466 g/mol. The van der Waals surface area contributed by atoms with Crippen LogP contribution in [0.15, 0.2) is 90.6 Å². The Bertz CT molecular complexity index is 1350. The van der Waals surface area contributed by atoms with Crippen molar-refractivity contribution in [2.45, 2.75) is 39.7 Å². The number of aromatic nitrogens is 2. The fourth-order valence-electron chi connectivity index (χ4n) is 4.30. The number of anilines is 1. The van der Waals surface area contributed by atoms with Gasteiger partial charge in [0.1, 0.15) is 11.9 Å². The van der Waals surface area contributed by atoms with Crippen LogP contribution in [-0.2, 0) is 4.79 Å². The van der Waals surface area contributed by atoms with E-state index in [0.29, 0.717) is 17.0 Å². The normalized spacial score (nSPS) is 17.7. The molecule has 0 saturated carbocycles. The van der Waals surface area contributed by atoms with Gasteiger partial charge in [-0.05, 0) is 57.5 Å². The molecule has 1 aliphatic rings. The Morgan fingerprint density at radius 3 is 2.54 bits per heavy atom. The molecule has 2 atom stereocenters. The Morgan fingerprint density at radius 1 is 1.11 bits per heavy atom. The Hall–Kier alpha value is -4.19. The zero-order chi connectivity index (χ0) is 25.1. The summed E-state index contributed by atoms with van der Waals surface area (Å²) in [4.78, 5) is 26.6. The SMILES string of the molecule is C=C(/C=C\C(C)=C/C)[C@@H]1c2c(C)nn(-c3ccccc3)c2NC(=O)[C@H]1NC(=O)c1cccc(C)c1. The summed E-state index contributed by atoms with van der Waals surface area (Å²) in [6.07, 6.45) is 5.87. The van der Waals surface area contributed by atoms with Crippen molar-refractivity contribution < 1.29 is 9.59 Å². The van der Waals surface area contributed by atoms with Crippen LogP contribution in [0.25, 0.3) is 5.69 Å². The van der Waals surface area contributed by atoms with E-state index in [2.05, 4.69) is 17.2 Å². The number of hydrogen-bond acceptors (Lipinski definition) is 3. The highest BCUT2D eigenvalue weighted by Crippen LogP contribution is 2.40. The molecule has 2 aromatic carbocycles. The average molecular weight is 467 g/mol. The van der Waals surface area contributed by atoms with E-state index in [9.17, 15) is 9.59 Å². The second kappa shape index (κ2) is 9.97. The van der Waals surface area contributed by atoms with Crippen LogP contribution >= 0.6 is 0 Å². The Balaban J connectivity index is 1.79. The third-order valence-corrected chi connectivity index (χ3v) is 6.26. The quantitative estimate of drug-likeness (QED) is 0.478. The van der Waals surface area contributed by atoms with Gasteiger partial charge in [-0.15, -0.1) is 0 Å². The first-order chi connectivity index (χ1) is 16.8. The molecule has 0 aliphatic carbocycles. The van der Waals surface area contributed by atoms with Gasteiger partial charge in [-0.3, -0.25) is 9.59 Å². The molecule has 6 nitrogen and oxygen atoms in total. The number of rotatable bonds is 6. The predicted molar refractivity (Wildman–Crippen MR) is 140 cm³/mol. The Morgan fingerprint density at radius 2 is 1.86 bits per heavy atom. The van der Waals surface area contributed by atoms with Crippen LogP contribution < -0.4 is 10.6 Å². The lowest BCUT2D eigenvalue weighted by atomic mass is 9.81. The summed E-state index contributed by atoms with van der Waals surface area (Å²) in [5.41, 5.74) is 5.71. The minimum atomic E-state index is -0.842. The van der Waals surface area contributed by atoms with Crippen LogP contribution in [0.2, 0.25) is 0 Å². The largest absolute Gasteiger partial charge is 0.339 e. The average Bonchev–Trinajstić information content (AvgIpc) is 3.18. The summed E-state index contributed by atoms with van der Waals surface area (Å²) in [6.45, 7) is 12.1. The number of hydrogen-bond donors (Lipinski definition) is 2. The summed E-state index contributed by atoms with van der Waals surface area (Å²) < 4.78 is 1.74. The molecule has 6 heteroatoms. The molecule has 35 heavy (non-hydrogen) atoms. The molecule has 178 valence electrons. The minimum absolute atomic E-state index is 0.308.